The average Bonchev–Trinajstić information content (AvgIpc) is 1.90. The van der Waals surface area contributed by atoms with Crippen molar-refractivity contribution in [3.05, 3.63) is 35.9 Å². The quantitative estimate of drug-likeness (QED) is 0.545. The molecular formula is C8H12BrN. The largest absolute Gasteiger partial charge is 1.00 e. The van der Waals surface area contributed by atoms with E-state index >= 15 is 0 Å². The van der Waals surface area contributed by atoms with Crippen molar-refractivity contribution in [3.8, 4) is 0 Å². The Morgan fingerprint density at radius 3 is 2.00 bits per heavy atom. The maximum Gasteiger partial charge on any atom is 0.107 e. The van der Waals surface area contributed by atoms with Gasteiger partial charge in [0.2, 0.25) is 0 Å². The lowest BCUT2D eigenvalue weighted by Crippen LogP contribution is -3.00. The van der Waals surface area contributed by atoms with Gasteiger partial charge in [-0.2, -0.15) is 0 Å². The molecule has 0 spiro atoms. The Morgan fingerprint density at radius 2 is 1.70 bits per heavy atom. The van der Waals surface area contributed by atoms with E-state index in [0.717, 1.165) is 0 Å². The summed E-state index contributed by atoms with van der Waals surface area (Å²) in [4.78, 5) is 0. The summed E-state index contributed by atoms with van der Waals surface area (Å²) < 4.78 is 0. The molecule has 56 valence electrons. The molecule has 1 aromatic carbocycles. The lowest BCUT2D eigenvalue weighted by Gasteiger charge is -1.98. The fourth-order valence-electron chi connectivity index (χ4n) is 0.782. The molecule has 0 unspecified atom stereocenters. The van der Waals surface area contributed by atoms with Crippen LogP contribution in [0.5, 0.6) is 0 Å². The molecule has 0 aliphatic rings. The first-order valence-electron chi connectivity index (χ1n) is 3.18. The number of rotatable bonds is 1. The van der Waals surface area contributed by atoms with Gasteiger partial charge in [-0.1, -0.05) is 30.3 Å². The molecule has 10 heavy (non-hydrogen) atoms. The Morgan fingerprint density at radius 1 is 1.20 bits per heavy atom. The van der Waals surface area contributed by atoms with E-state index in [1.807, 2.05) is 18.2 Å². The maximum absolute atomic E-state index is 3.91. The molecule has 0 aliphatic heterocycles. The zero-order valence-electron chi connectivity index (χ0n) is 6.05. The van der Waals surface area contributed by atoms with Crippen LogP contribution in [0.3, 0.4) is 0 Å². The van der Waals surface area contributed by atoms with Crippen LogP contribution in [0.25, 0.3) is 0 Å². The van der Waals surface area contributed by atoms with Crippen LogP contribution in [0.1, 0.15) is 18.5 Å². The van der Waals surface area contributed by atoms with Crippen molar-refractivity contribution < 1.29 is 22.7 Å². The Balaban J connectivity index is 0.000000810. The molecule has 0 fully saturated rings. The van der Waals surface area contributed by atoms with Gasteiger partial charge in [0.25, 0.3) is 0 Å². The van der Waals surface area contributed by atoms with Crippen molar-refractivity contribution in [2.24, 2.45) is 0 Å². The first-order chi connectivity index (χ1) is 4.30. The molecule has 0 amide bonds. The monoisotopic (exact) mass is 201 g/mol. The first-order valence-corrected chi connectivity index (χ1v) is 3.18. The van der Waals surface area contributed by atoms with Crippen LogP contribution in [-0.2, 0) is 0 Å². The van der Waals surface area contributed by atoms with E-state index in [-0.39, 0.29) is 17.0 Å². The number of halogens is 1. The van der Waals surface area contributed by atoms with Gasteiger partial charge in [0, 0.05) is 5.56 Å². The Kier molecular flexibility index (Phi) is 4.32. The summed E-state index contributed by atoms with van der Waals surface area (Å²) in [7, 11) is 0. The Bertz CT molecular complexity index is 172. The van der Waals surface area contributed by atoms with Gasteiger partial charge >= 0.3 is 0 Å². The smallest absolute Gasteiger partial charge is 0.107 e. The first kappa shape index (κ1) is 9.66. The summed E-state index contributed by atoms with van der Waals surface area (Å²) in [5.74, 6) is 0. The van der Waals surface area contributed by atoms with Crippen molar-refractivity contribution >= 4 is 0 Å². The number of hydrogen-bond donors (Lipinski definition) is 1. The van der Waals surface area contributed by atoms with Gasteiger partial charge < -0.3 is 22.7 Å². The Labute approximate surface area is 72.0 Å². The minimum absolute atomic E-state index is 0. The van der Waals surface area contributed by atoms with Crippen molar-refractivity contribution in [3.63, 3.8) is 0 Å². The van der Waals surface area contributed by atoms with Gasteiger partial charge in [0.15, 0.2) is 0 Å². The summed E-state index contributed by atoms with van der Waals surface area (Å²) in [6.45, 7) is 2.09. The number of benzene rings is 1. The molecule has 0 aliphatic carbocycles. The summed E-state index contributed by atoms with van der Waals surface area (Å²) in [6, 6.07) is 10.7. The highest BCUT2D eigenvalue weighted by Crippen LogP contribution is 2.04. The molecule has 0 saturated carbocycles. The van der Waals surface area contributed by atoms with Crippen molar-refractivity contribution in [2.75, 3.05) is 0 Å². The summed E-state index contributed by atoms with van der Waals surface area (Å²) in [6.07, 6.45) is 0. The SMILES string of the molecule is C[C@@H]([NH3+])c1ccccc1.[Br-]. The second kappa shape index (κ2) is 4.47. The van der Waals surface area contributed by atoms with Crippen molar-refractivity contribution in [1.29, 1.82) is 0 Å². The highest BCUT2D eigenvalue weighted by atomic mass is 79.9. The fourth-order valence-corrected chi connectivity index (χ4v) is 0.782. The van der Waals surface area contributed by atoms with Crippen molar-refractivity contribution in [1.82, 2.24) is 0 Å². The van der Waals surface area contributed by atoms with Gasteiger partial charge in [-0.15, -0.1) is 0 Å². The normalized spacial score (nSPS) is 11.8. The second-order valence-electron chi connectivity index (χ2n) is 2.31. The van der Waals surface area contributed by atoms with E-state index in [9.17, 15) is 0 Å². The van der Waals surface area contributed by atoms with Gasteiger partial charge in [0.05, 0.1) is 0 Å². The molecule has 0 heterocycles. The highest BCUT2D eigenvalue weighted by molar-refractivity contribution is 5.15. The van der Waals surface area contributed by atoms with Crippen LogP contribution in [0, 0.1) is 0 Å². The topological polar surface area (TPSA) is 27.6 Å². The lowest BCUT2D eigenvalue weighted by molar-refractivity contribution is -0.420. The number of hydrogen-bond acceptors (Lipinski definition) is 0. The summed E-state index contributed by atoms with van der Waals surface area (Å²) in [5.41, 5.74) is 5.21. The molecule has 0 bridgehead atoms. The van der Waals surface area contributed by atoms with Crippen LogP contribution in [0.15, 0.2) is 30.3 Å². The average molecular weight is 202 g/mol. The van der Waals surface area contributed by atoms with Crippen LogP contribution >= 0.6 is 0 Å². The molecule has 1 rings (SSSR count). The molecule has 0 aromatic heterocycles. The van der Waals surface area contributed by atoms with Gasteiger partial charge in [-0.25, -0.2) is 0 Å². The van der Waals surface area contributed by atoms with Gasteiger partial charge in [-0.05, 0) is 6.92 Å². The third-order valence-electron chi connectivity index (χ3n) is 1.37. The fraction of sp³-hybridized carbons (Fsp3) is 0.250. The van der Waals surface area contributed by atoms with E-state index in [1.54, 1.807) is 0 Å². The minimum atomic E-state index is 0. The molecule has 1 aromatic rings. The lowest BCUT2D eigenvalue weighted by atomic mass is 10.1. The van der Waals surface area contributed by atoms with Crippen LogP contribution in [-0.4, -0.2) is 0 Å². The van der Waals surface area contributed by atoms with Gasteiger partial charge in [-0.3, -0.25) is 0 Å². The van der Waals surface area contributed by atoms with Crippen LogP contribution < -0.4 is 22.7 Å². The van der Waals surface area contributed by atoms with Crippen LogP contribution in [0.2, 0.25) is 0 Å². The predicted octanol–water partition coefficient (Wildman–Crippen LogP) is -2.01. The molecule has 1 atom stereocenters. The second-order valence-corrected chi connectivity index (χ2v) is 2.31. The summed E-state index contributed by atoms with van der Waals surface area (Å²) in [5, 5.41) is 0. The highest BCUT2D eigenvalue weighted by Gasteiger charge is 1.97. The van der Waals surface area contributed by atoms with E-state index in [2.05, 4.69) is 24.8 Å². The van der Waals surface area contributed by atoms with E-state index in [4.69, 9.17) is 0 Å². The molecule has 0 radical (unpaired) electrons. The van der Waals surface area contributed by atoms with E-state index in [0.29, 0.717) is 6.04 Å². The molecule has 1 nitrogen and oxygen atoms in total. The molecular weight excluding hydrogens is 190 g/mol. The third-order valence-corrected chi connectivity index (χ3v) is 1.37. The van der Waals surface area contributed by atoms with E-state index < -0.39 is 0 Å². The van der Waals surface area contributed by atoms with Crippen molar-refractivity contribution in [2.45, 2.75) is 13.0 Å². The third kappa shape index (κ3) is 2.50. The van der Waals surface area contributed by atoms with Crippen LogP contribution in [0.4, 0.5) is 0 Å². The molecule has 2 heteroatoms. The zero-order valence-corrected chi connectivity index (χ0v) is 7.64. The Hall–Kier alpha value is -0.340. The standard InChI is InChI=1S/C8H11N.BrH/c1-7(9)8-5-3-2-4-6-8;/h2-7H,9H2,1H3;1H/t7-;/m1./s1. The molecule has 3 N–H and O–H groups in total. The maximum atomic E-state index is 3.91. The summed E-state index contributed by atoms with van der Waals surface area (Å²) >= 11 is 0. The zero-order chi connectivity index (χ0) is 6.69. The minimum Gasteiger partial charge on any atom is -1.00 e. The molecule has 0 saturated heterocycles. The number of quaternary nitrogens is 1. The van der Waals surface area contributed by atoms with E-state index in [1.165, 1.54) is 5.56 Å². The van der Waals surface area contributed by atoms with Gasteiger partial charge in [0.1, 0.15) is 6.04 Å². The predicted molar refractivity (Wildman–Crippen MR) is 37.7 cm³/mol.